The van der Waals surface area contributed by atoms with Gasteiger partial charge in [0, 0.05) is 17.6 Å². The summed E-state index contributed by atoms with van der Waals surface area (Å²) in [6.07, 6.45) is 0.894. The maximum Gasteiger partial charge on any atom is 0.241 e. The Hall–Kier alpha value is -1.81. The van der Waals surface area contributed by atoms with Gasteiger partial charge in [0.25, 0.3) is 0 Å². The maximum absolute atomic E-state index is 12.4. The second kappa shape index (κ2) is 8.05. The Kier molecular flexibility index (Phi) is 6.28. The lowest BCUT2D eigenvalue weighted by Crippen LogP contribution is -2.39. The highest BCUT2D eigenvalue weighted by atomic mass is 32.2. The van der Waals surface area contributed by atoms with Crippen LogP contribution in [0.15, 0.2) is 34.5 Å². The van der Waals surface area contributed by atoms with E-state index in [0.717, 1.165) is 17.1 Å². The van der Waals surface area contributed by atoms with E-state index in [9.17, 15) is 13.2 Å². The number of aryl methyl sites for hydroxylation is 1. The lowest BCUT2D eigenvalue weighted by atomic mass is 10.2. The lowest BCUT2D eigenvalue weighted by molar-refractivity contribution is -0.120. The number of benzene rings is 1. The van der Waals surface area contributed by atoms with Crippen LogP contribution in [-0.2, 0) is 27.8 Å². The first kappa shape index (κ1) is 19.5. The second-order valence-electron chi connectivity index (χ2n) is 5.74. The minimum Gasteiger partial charge on any atom is -0.325 e. The van der Waals surface area contributed by atoms with E-state index in [4.69, 9.17) is 5.14 Å². The standard InChI is InChI=1S/C16H22N4O3S2/c1-4-15-18-13(10-24-15)9-20(3)11(2)16(21)19-12-6-5-7-14(8-12)25(17,22)23/h5-8,10-11H,4,9H2,1-3H3,(H,19,21)(H2,17,22,23). The van der Waals surface area contributed by atoms with E-state index in [1.165, 1.54) is 18.2 Å². The molecular formula is C16H22N4O3S2. The zero-order chi connectivity index (χ0) is 18.6. The molecule has 0 aliphatic carbocycles. The van der Waals surface area contributed by atoms with Crippen molar-refractivity contribution in [3.8, 4) is 0 Å². The summed E-state index contributed by atoms with van der Waals surface area (Å²) in [5, 5.41) is 10.9. The molecular weight excluding hydrogens is 360 g/mol. The molecule has 1 unspecified atom stereocenters. The molecule has 3 N–H and O–H groups in total. The molecule has 0 aliphatic rings. The van der Waals surface area contributed by atoms with Gasteiger partial charge in [-0.25, -0.2) is 18.5 Å². The molecule has 1 atom stereocenters. The van der Waals surface area contributed by atoms with Gasteiger partial charge >= 0.3 is 0 Å². The quantitative estimate of drug-likeness (QED) is 0.760. The summed E-state index contributed by atoms with van der Waals surface area (Å²) in [4.78, 5) is 18.8. The van der Waals surface area contributed by atoms with Crippen molar-refractivity contribution in [2.24, 2.45) is 5.14 Å². The summed E-state index contributed by atoms with van der Waals surface area (Å²) < 4.78 is 22.8. The molecule has 1 amide bonds. The number of amides is 1. The topological polar surface area (TPSA) is 105 Å². The summed E-state index contributed by atoms with van der Waals surface area (Å²) in [5.74, 6) is -0.236. The number of likely N-dealkylation sites (N-methyl/N-ethyl adjacent to an activating group) is 1. The van der Waals surface area contributed by atoms with Gasteiger partial charge in [0.2, 0.25) is 15.9 Å². The highest BCUT2D eigenvalue weighted by Crippen LogP contribution is 2.16. The third-order valence-electron chi connectivity index (χ3n) is 3.78. The van der Waals surface area contributed by atoms with Crippen molar-refractivity contribution in [2.75, 3.05) is 12.4 Å². The molecule has 0 spiro atoms. The summed E-state index contributed by atoms with van der Waals surface area (Å²) >= 11 is 1.61. The smallest absolute Gasteiger partial charge is 0.241 e. The van der Waals surface area contributed by atoms with Crippen LogP contribution in [0.1, 0.15) is 24.5 Å². The number of primary sulfonamides is 1. The molecule has 0 saturated heterocycles. The molecule has 0 saturated carbocycles. The van der Waals surface area contributed by atoms with Crippen LogP contribution in [-0.4, -0.2) is 37.3 Å². The first-order valence-corrected chi connectivity index (χ1v) is 10.2. The maximum atomic E-state index is 12.4. The van der Waals surface area contributed by atoms with E-state index >= 15 is 0 Å². The monoisotopic (exact) mass is 382 g/mol. The van der Waals surface area contributed by atoms with Gasteiger partial charge in [0.1, 0.15) is 0 Å². The number of anilines is 1. The minimum absolute atomic E-state index is 0.0409. The fourth-order valence-electron chi connectivity index (χ4n) is 2.17. The molecule has 9 heteroatoms. The molecule has 1 aromatic carbocycles. The predicted molar refractivity (Wildman–Crippen MR) is 98.9 cm³/mol. The molecule has 0 radical (unpaired) electrons. The molecule has 1 heterocycles. The number of hydrogen-bond donors (Lipinski definition) is 2. The van der Waals surface area contributed by atoms with Gasteiger partial charge in [-0.1, -0.05) is 13.0 Å². The average molecular weight is 383 g/mol. The van der Waals surface area contributed by atoms with Crippen LogP contribution in [0.4, 0.5) is 5.69 Å². The Morgan fingerprint density at radius 1 is 1.44 bits per heavy atom. The first-order valence-electron chi connectivity index (χ1n) is 7.78. The van der Waals surface area contributed by atoms with Crippen molar-refractivity contribution >= 4 is 33.0 Å². The number of aromatic nitrogens is 1. The van der Waals surface area contributed by atoms with Gasteiger partial charge in [0.05, 0.1) is 21.6 Å². The Bertz CT molecular complexity index is 849. The molecule has 1 aromatic heterocycles. The minimum atomic E-state index is -3.81. The fraction of sp³-hybridized carbons (Fsp3) is 0.375. The van der Waals surface area contributed by atoms with E-state index in [-0.39, 0.29) is 10.8 Å². The molecule has 0 aliphatic heterocycles. The van der Waals surface area contributed by atoms with Crippen molar-refractivity contribution in [3.63, 3.8) is 0 Å². The second-order valence-corrected chi connectivity index (χ2v) is 8.24. The molecule has 0 fully saturated rings. The van der Waals surface area contributed by atoms with E-state index in [2.05, 4.69) is 17.2 Å². The molecule has 7 nitrogen and oxygen atoms in total. The average Bonchev–Trinajstić information content (AvgIpc) is 3.01. The highest BCUT2D eigenvalue weighted by molar-refractivity contribution is 7.89. The van der Waals surface area contributed by atoms with Gasteiger partial charge in [0.15, 0.2) is 0 Å². The number of carbonyl (C=O) groups excluding carboxylic acids is 1. The van der Waals surface area contributed by atoms with Crippen LogP contribution < -0.4 is 10.5 Å². The van der Waals surface area contributed by atoms with Gasteiger partial charge in [-0.05, 0) is 38.6 Å². The Labute approximate surface area is 151 Å². The Morgan fingerprint density at radius 3 is 2.76 bits per heavy atom. The van der Waals surface area contributed by atoms with Crippen molar-refractivity contribution in [2.45, 2.75) is 37.8 Å². The van der Waals surface area contributed by atoms with E-state index < -0.39 is 16.1 Å². The Balaban J connectivity index is 2.02. The number of thiazole rings is 1. The van der Waals surface area contributed by atoms with Gasteiger partial charge in [-0.3, -0.25) is 9.69 Å². The highest BCUT2D eigenvalue weighted by Gasteiger charge is 2.19. The van der Waals surface area contributed by atoms with Crippen LogP contribution in [0.2, 0.25) is 0 Å². The first-order chi connectivity index (χ1) is 11.7. The summed E-state index contributed by atoms with van der Waals surface area (Å²) in [6.45, 7) is 4.40. The van der Waals surface area contributed by atoms with Crippen molar-refractivity contribution in [1.82, 2.24) is 9.88 Å². The van der Waals surface area contributed by atoms with Gasteiger partial charge < -0.3 is 5.32 Å². The zero-order valence-corrected chi connectivity index (χ0v) is 16.0. The summed E-state index contributed by atoms with van der Waals surface area (Å²) in [6, 6.07) is 5.46. The van der Waals surface area contributed by atoms with Crippen LogP contribution in [0.25, 0.3) is 0 Å². The third kappa shape index (κ3) is 5.33. The van der Waals surface area contributed by atoms with Crippen molar-refractivity contribution in [3.05, 3.63) is 40.3 Å². The number of hydrogen-bond acceptors (Lipinski definition) is 6. The summed E-state index contributed by atoms with van der Waals surface area (Å²) in [7, 11) is -1.96. The van der Waals surface area contributed by atoms with E-state index in [1.807, 2.05) is 17.3 Å². The van der Waals surface area contributed by atoms with Crippen LogP contribution in [0, 0.1) is 0 Å². The molecule has 2 aromatic rings. The number of nitrogens with two attached hydrogens (primary N) is 1. The fourth-order valence-corrected chi connectivity index (χ4v) is 3.47. The van der Waals surface area contributed by atoms with E-state index in [0.29, 0.717) is 12.2 Å². The molecule has 0 bridgehead atoms. The Morgan fingerprint density at radius 2 is 2.16 bits per heavy atom. The molecule has 25 heavy (non-hydrogen) atoms. The van der Waals surface area contributed by atoms with Gasteiger partial charge in [-0.15, -0.1) is 11.3 Å². The van der Waals surface area contributed by atoms with E-state index in [1.54, 1.807) is 24.3 Å². The van der Waals surface area contributed by atoms with Crippen LogP contribution in [0.3, 0.4) is 0 Å². The molecule has 136 valence electrons. The van der Waals surface area contributed by atoms with Crippen LogP contribution >= 0.6 is 11.3 Å². The normalized spacial score (nSPS) is 13.0. The number of rotatable bonds is 7. The third-order valence-corrected chi connectivity index (χ3v) is 5.74. The largest absolute Gasteiger partial charge is 0.325 e. The van der Waals surface area contributed by atoms with Gasteiger partial charge in [-0.2, -0.15) is 0 Å². The predicted octanol–water partition coefficient (Wildman–Crippen LogP) is 1.81. The van der Waals surface area contributed by atoms with Crippen molar-refractivity contribution in [1.29, 1.82) is 0 Å². The number of sulfonamides is 1. The number of nitrogens with one attached hydrogen (secondary N) is 1. The number of nitrogens with zero attached hydrogens (tertiary/aromatic N) is 2. The zero-order valence-electron chi connectivity index (χ0n) is 14.4. The molecule has 2 rings (SSSR count). The van der Waals surface area contributed by atoms with Crippen molar-refractivity contribution < 1.29 is 13.2 Å². The SMILES string of the molecule is CCc1nc(CN(C)C(C)C(=O)Nc2cccc(S(N)(=O)=O)c2)cs1. The lowest BCUT2D eigenvalue weighted by Gasteiger charge is -2.23. The number of carbonyl (C=O) groups is 1. The van der Waals surface area contributed by atoms with Crippen LogP contribution in [0.5, 0.6) is 0 Å². The summed E-state index contributed by atoms with van der Waals surface area (Å²) in [5.41, 5.74) is 1.32.